The Kier molecular flexibility index (Phi) is 5.05. The van der Waals surface area contributed by atoms with Crippen molar-refractivity contribution in [3.8, 4) is 0 Å². The van der Waals surface area contributed by atoms with Crippen LogP contribution in [0.25, 0.3) is 0 Å². The Balaban J connectivity index is 1.96. The van der Waals surface area contributed by atoms with Crippen LogP contribution in [0, 0.1) is 0 Å². The molecule has 0 spiro atoms. The Bertz CT molecular complexity index is 420. The van der Waals surface area contributed by atoms with Gasteiger partial charge in [0.15, 0.2) is 0 Å². The lowest BCUT2D eigenvalue weighted by atomic mass is 10.0. The van der Waals surface area contributed by atoms with Gasteiger partial charge in [0.1, 0.15) is 0 Å². The highest BCUT2D eigenvalue weighted by atomic mass is 28.3. The van der Waals surface area contributed by atoms with Crippen LogP contribution in [0.4, 0.5) is 0 Å². The first-order valence-corrected chi connectivity index (χ1v) is 11.3. The van der Waals surface area contributed by atoms with Gasteiger partial charge in [-0.1, -0.05) is 49.1 Å². The normalized spacial score (nSPS) is 21.4. The summed E-state index contributed by atoms with van der Waals surface area (Å²) in [5, 5.41) is 1.56. The first-order valence-electron chi connectivity index (χ1n) is 7.84. The zero-order valence-electron chi connectivity index (χ0n) is 13.8. The van der Waals surface area contributed by atoms with Crippen LogP contribution >= 0.6 is 0 Å². The molecule has 0 amide bonds. The van der Waals surface area contributed by atoms with Gasteiger partial charge in [0, 0.05) is 19.1 Å². The van der Waals surface area contributed by atoms with E-state index in [1.165, 1.54) is 31.5 Å². The minimum atomic E-state index is -1.15. The Morgan fingerprint density at radius 2 is 1.80 bits per heavy atom. The molecule has 2 rings (SSSR count). The number of hydrogen-bond donors (Lipinski definition) is 0. The highest BCUT2D eigenvalue weighted by Crippen LogP contribution is 2.16. The second kappa shape index (κ2) is 6.42. The van der Waals surface area contributed by atoms with Crippen LogP contribution in [0.1, 0.15) is 18.4 Å². The highest BCUT2D eigenvalue weighted by Gasteiger charge is 2.21. The lowest BCUT2D eigenvalue weighted by molar-refractivity contribution is 0.128. The lowest BCUT2D eigenvalue weighted by Gasteiger charge is -2.36. The molecule has 1 fully saturated rings. The summed E-state index contributed by atoms with van der Waals surface area (Å²) in [5.41, 5.74) is 1.46. The molecule has 20 heavy (non-hydrogen) atoms. The molecule has 1 aromatic rings. The van der Waals surface area contributed by atoms with Crippen molar-refractivity contribution in [2.45, 2.75) is 45.1 Å². The van der Waals surface area contributed by atoms with E-state index in [1.807, 2.05) is 0 Å². The summed E-state index contributed by atoms with van der Waals surface area (Å²) in [5.74, 6) is 0. The van der Waals surface area contributed by atoms with Crippen molar-refractivity contribution >= 4 is 13.3 Å². The third kappa shape index (κ3) is 4.17. The molecule has 0 aliphatic carbocycles. The van der Waals surface area contributed by atoms with Crippen LogP contribution < -0.4 is 5.19 Å². The summed E-state index contributed by atoms with van der Waals surface area (Å²) in [4.78, 5) is 4.98. The molecule has 2 nitrogen and oxygen atoms in total. The number of piperidine rings is 1. The third-order valence-electron chi connectivity index (χ3n) is 4.44. The molecule has 1 aliphatic heterocycles. The molecule has 1 unspecified atom stereocenters. The van der Waals surface area contributed by atoms with E-state index >= 15 is 0 Å². The smallest absolute Gasteiger partial charge is 0.0775 e. The monoisotopic (exact) mass is 290 g/mol. The molecule has 112 valence electrons. The average Bonchev–Trinajstić information content (AvgIpc) is 2.38. The van der Waals surface area contributed by atoms with Gasteiger partial charge in [-0.25, -0.2) is 0 Å². The Labute approximate surface area is 125 Å². The number of benzene rings is 1. The first kappa shape index (κ1) is 15.7. The van der Waals surface area contributed by atoms with E-state index in [1.54, 1.807) is 5.19 Å². The van der Waals surface area contributed by atoms with Gasteiger partial charge in [0.05, 0.1) is 8.07 Å². The summed E-state index contributed by atoms with van der Waals surface area (Å²) < 4.78 is 0. The summed E-state index contributed by atoms with van der Waals surface area (Å²) in [6.45, 7) is 10.8. The SMILES string of the molecule is CN(C)C1CCCN(Cc2ccc([Si](C)(C)C)cc2)C1. The van der Waals surface area contributed by atoms with E-state index < -0.39 is 8.07 Å². The largest absolute Gasteiger partial charge is 0.305 e. The van der Waals surface area contributed by atoms with Crippen LogP contribution in [0.15, 0.2) is 24.3 Å². The second-order valence-corrected chi connectivity index (χ2v) is 12.5. The Hall–Kier alpha value is -0.643. The molecule has 0 aromatic heterocycles. The molecule has 1 aromatic carbocycles. The predicted molar refractivity (Wildman–Crippen MR) is 91.4 cm³/mol. The van der Waals surface area contributed by atoms with Crippen LogP contribution in [-0.2, 0) is 6.54 Å². The number of rotatable bonds is 4. The summed E-state index contributed by atoms with van der Waals surface area (Å²) in [6, 6.07) is 10.1. The van der Waals surface area contributed by atoms with Crippen LogP contribution in [0.2, 0.25) is 19.6 Å². The van der Waals surface area contributed by atoms with E-state index in [0.29, 0.717) is 0 Å². The highest BCUT2D eigenvalue weighted by molar-refractivity contribution is 6.88. The molecule has 0 bridgehead atoms. The van der Waals surface area contributed by atoms with Crippen molar-refractivity contribution in [2.75, 3.05) is 27.2 Å². The van der Waals surface area contributed by atoms with E-state index in [-0.39, 0.29) is 0 Å². The van der Waals surface area contributed by atoms with E-state index in [9.17, 15) is 0 Å². The van der Waals surface area contributed by atoms with Gasteiger partial charge in [-0.2, -0.15) is 0 Å². The minimum absolute atomic E-state index is 0.727. The average molecular weight is 291 g/mol. The van der Waals surface area contributed by atoms with Gasteiger partial charge in [0.2, 0.25) is 0 Å². The molecular formula is C17H30N2Si. The van der Waals surface area contributed by atoms with Gasteiger partial charge in [-0.05, 0) is 39.0 Å². The molecule has 0 saturated carbocycles. The predicted octanol–water partition coefficient (Wildman–Crippen LogP) is 2.76. The van der Waals surface area contributed by atoms with E-state index in [0.717, 1.165) is 12.6 Å². The summed E-state index contributed by atoms with van der Waals surface area (Å²) in [6.07, 6.45) is 2.67. The Morgan fingerprint density at radius 3 is 2.35 bits per heavy atom. The van der Waals surface area contributed by atoms with E-state index in [2.05, 4.69) is 67.8 Å². The van der Waals surface area contributed by atoms with Gasteiger partial charge >= 0.3 is 0 Å². The van der Waals surface area contributed by atoms with Crippen LogP contribution in [-0.4, -0.2) is 51.1 Å². The zero-order chi connectivity index (χ0) is 14.8. The van der Waals surface area contributed by atoms with Crippen LogP contribution in [0.3, 0.4) is 0 Å². The fourth-order valence-electron chi connectivity index (χ4n) is 2.96. The fourth-order valence-corrected chi connectivity index (χ4v) is 4.13. The number of hydrogen-bond acceptors (Lipinski definition) is 2. The topological polar surface area (TPSA) is 6.48 Å². The molecule has 0 radical (unpaired) electrons. The first-order chi connectivity index (χ1) is 9.36. The molecule has 1 heterocycles. The van der Waals surface area contributed by atoms with Gasteiger partial charge < -0.3 is 4.90 Å². The number of likely N-dealkylation sites (tertiary alicyclic amines) is 1. The molecule has 1 atom stereocenters. The van der Waals surface area contributed by atoms with Crippen LogP contribution in [0.5, 0.6) is 0 Å². The third-order valence-corrected chi connectivity index (χ3v) is 6.50. The van der Waals surface area contributed by atoms with E-state index in [4.69, 9.17) is 0 Å². The lowest BCUT2D eigenvalue weighted by Crippen LogP contribution is -2.44. The molecule has 3 heteroatoms. The Morgan fingerprint density at radius 1 is 1.15 bits per heavy atom. The fraction of sp³-hybridized carbons (Fsp3) is 0.647. The van der Waals surface area contributed by atoms with Crippen molar-refractivity contribution in [1.29, 1.82) is 0 Å². The minimum Gasteiger partial charge on any atom is -0.305 e. The summed E-state index contributed by atoms with van der Waals surface area (Å²) in [7, 11) is 3.26. The maximum absolute atomic E-state index is 2.61. The zero-order valence-corrected chi connectivity index (χ0v) is 14.8. The van der Waals surface area contributed by atoms with Crippen molar-refractivity contribution < 1.29 is 0 Å². The standard InChI is InChI=1S/C17H30N2Si/c1-18(2)16-7-6-12-19(14-16)13-15-8-10-17(11-9-15)20(3,4)5/h8-11,16H,6-7,12-14H2,1-5H3. The van der Waals surface area contributed by atoms with Gasteiger partial charge in [-0.15, -0.1) is 0 Å². The second-order valence-electron chi connectivity index (χ2n) is 7.44. The molecule has 1 saturated heterocycles. The quantitative estimate of drug-likeness (QED) is 0.787. The van der Waals surface area contributed by atoms with Gasteiger partial charge in [-0.3, -0.25) is 4.90 Å². The number of likely N-dealkylation sites (N-methyl/N-ethyl adjacent to an activating group) is 1. The maximum Gasteiger partial charge on any atom is 0.0775 e. The van der Waals surface area contributed by atoms with Crippen molar-refractivity contribution in [2.24, 2.45) is 0 Å². The summed E-state index contributed by atoms with van der Waals surface area (Å²) >= 11 is 0. The van der Waals surface area contributed by atoms with Gasteiger partial charge in [0.25, 0.3) is 0 Å². The number of nitrogens with zero attached hydrogens (tertiary/aromatic N) is 2. The molecule has 1 aliphatic rings. The van der Waals surface area contributed by atoms with Crippen molar-refractivity contribution in [3.63, 3.8) is 0 Å². The molecule has 0 N–H and O–H groups in total. The molecular weight excluding hydrogens is 260 g/mol. The maximum atomic E-state index is 2.61. The van der Waals surface area contributed by atoms with Crippen molar-refractivity contribution in [3.05, 3.63) is 29.8 Å². The van der Waals surface area contributed by atoms with Crippen molar-refractivity contribution in [1.82, 2.24) is 9.80 Å².